The summed E-state index contributed by atoms with van der Waals surface area (Å²) in [5.74, 6) is 0.771. The Labute approximate surface area is 107 Å². The van der Waals surface area contributed by atoms with Gasteiger partial charge in [0.2, 0.25) is 0 Å². The Kier molecular flexibility index (Phi) is 2.76. The second kappa shape index (κ2) is 4.42. The standard InChI is InChI=1S/C13H12N2O2S/c1-17-10-5-3-2-4-9(10)8-11-12(16)15-7-6-14-13(15)18-11/h2-5,8H,6-7H2,1H3/b11-8+. The number of hydrogen-bond donors (Lipinski definition) is 0. The van der Waals surface area contributed by atoms with Crippen molar-refractivity contribution in [2.45, 2.75) is 6.54 Å². The van der Waals surface area contributed by atoms with Crippen LogP contribution in [0.1, 0.15) is 5.56 Å². The first kappa shape index (κ1) is 11.2. The average molecular weight is 260 g/mol. The van der Waals surface area contributed by atoms with E-state index in [1.807, 2.05) is 30.3 Å². The van der Waals surface area contributed by atoms with Crippen LogP contribution in [0.25, 0.3) is 6.08 Å². The molecule has 0 amide bonds. The molecule has 0 N–H and O–H groups in total. The van der Waals surface area contributed by atoms with Crippen LogP contribution in [-0.4, -0.2) is 18.2 Å². The smallest absolute Gasteiger partial charge is 0.270 e. The number of ether oxygens (including phenoxy) is 1. The molecule has 0 saturated carbocycles. The normalized spacial score (nSPS) is 14.4. The molecule has 0 atom stereocenters. The molecular weight excluding hydrogens is 248 g/mol. The Balaban J connectivity index is 2.21. The molecule has 0 radical (unpaired) electrons. The third-order valence-corrected chi connectivity index (χ3v) is 3.93. The van der Waals surface area contributed by atoms with Crippen LogP contribution in [0.15, 0.2) is 34.1 Å². The number of hydrogen-bond acceptors (Lipinski definition) is 4. The summed E-state index contributed by atoms with van der Waals surface area (Å²) in [5, 5.41) is 0. The molecule has 4 nitrogen and oxygen atoms in total. The first-order chi connectivity index (χ1) is 8.79. The predicted molar refractivity (Wildman–Crippen MR) is 70.8 cm³/mol. The van der Waals surface area contributed by atoms with Gasteiger partial charge in [0.05, 0.1) is 18.2 Å². The van der Waals surface area contributed by atoms with Gasteiger partial charge in [-0.2, -0.15) is 0 Å². The minimum atomic E-state index is 0.0437. The zero-order chi connectivity index (χ0) is 12.5. The molecule has 2 heterocycles. The number of methoxy groups -OCH3 is 1. The monoisotopic (exact) mass is 260 g/mol. The Bertz CT molecular complexity index is 758. The fourth-order valence-corrected chi connectivity index (χ4v) is 3.02. The van der Waals surface area contributed by atoms with Crippen LogP contribution in [0.4, 0.5) is 0 Å². The topological polar surface area (TPSA) is 43.6 Å². The lowest BCUT2D eigenvalue weighted by Gasteiger charge is -2.02. The van der Waals surface area contributed by atoms with Crippen LogP contribution in [-0.2, 0) is 6.54 Å². The van der Waals surface area contributed by atoms with Crippen molar-refractivity contribution < 1.29 is 4.74 Å². The Morgan fingerprint density at radius 3 is 3.06 bits per heavy atom. The van der Waals surface area contributed by atoms with Crippen molar-refractivity contribution in [3.05, 3.63) is 49.5 Å². The second-order valence-electron chi connectivity index (χ2n) is 3.97. The van der Waals surface area contributed by atoms with E-state index in [1.54, 1.807) is 11.7 Å². The molecule has 0 fully saturated rings. The summed E-state index contributed by atoms with van der Waals surface area (Å²) in [5.41, 5.74) is 0.958. The highest BCUT2D eigenvalue weighted by Crippen LogP contribution is 2.17. The van der Waals surface area contributed by atoms with Gasteiger partial charge in [0.1, 0.15) is 5.75 Å². The quantitative estimate of drug-likeness (QED) is 0.783. The molecule has 5 heteroatoms. The van der Waals surface area contributed by atoms with Gasteiger partial charge in [-0.25, -0.2) is 0 Å². The number of nitrogens with zero attached hydrogens (tertiary/aromatic N) is 2. The summed E-state index contributed by atoms with van der Waals surface area (Å²) in [6.07, 6.45) is 1.87. The molecule has 0 saturated heterocycles. The summed E-state index contributed by atoms with van der Waals surface area (Å²) in [6.45, 7) is 1.42. The molecule has 1 aliphatic rings. The summed E-state index contributed by atoms with van der Waals surface area (Å²) in [6, 6.07) is 7.66. The van der Waals surface area contributed by atoms with E-state index < -0.39 is 0 Å². The highest BCUT2D eigenvalue weighted by atomic mass is 32.1. The second-order valence-corrected chi connectivity index (χ2v) is 4.98. The molecule has 1 aliphatic heterocycles. The molecule has 92 valence electrons. The van der Waals surface area contributed by atoms with Crippen LogP contribution >= 0.6 is 11.3 Å². The summed E-state index contributed by atoms with van der Waals surface area (Å²) in [7, 11) is 1.63. The fourth-order valence-electron chi connectivity index (χ4n) is 2.00. The van der Waals surface area contributed by atoms with Crippen LogP contribution < -0.4 is 19.6 Å². The molecule has 0 aliphatic carbocycles. The third kappa shape index (κ3) is 1.76. The molecule has 0 spiro atoms. The van der Waals surface area contributed by atoms with Gasteiger partial charge in [0.25, 0.3) is 5.56 Å². The number of aromatic nitrogens is 1. The lowest BCUT2D eigenvalue weighted by Crippen LogP contribution is -2.29. The van der Waals surface area contributed by atoms with E-state index in [1.165, 1.54) is 11.3 Å². The zero-order valence-corrected chi connectivity index (χ0v) is 10.7. The number of fused-ring (bicyclic) bond motifs is 1. The molecule has 3 rings (SSSR count). The largest absolute Gasteiger partial charge is 0.496 e. The van der Waals surface area contributed by atoms with Crippen molar-refractivity contribution in [3.63, 3.8) is 0 Å². The number of benzene rings is 1. The maximum atomic E-state index is 12.1. The first-order valence-electron chi connectivity index (χ1n) is 5.68. The van der Waals surface area contributed by atoms with E-state index in [0.717, 1.165) is 22.7 Å². The highest BCUT2D eigenvalue weighted by molar-refractivity contribution is 7.07. The van der Waals surface area contributed by atoms with Crippen molar-refractivity contribution in [1.29, 1.82) is 0 Å². The minimum Gasteiger partial charge on any atom is -0.496 e. The van der Waals surface area contributed by atoms with Gasteiger partial charge in [-0.3, -0.25) is 14.4 Å². The minimum absolute atomic E-state index is 0.0437. The maximum absolute atomic E-state index is 12.1. The number of para-hydroxylation sites is 1. The molecule has 2 aromatic rings. The van der Waals surface area contributed by atoms with E-state index in [0.29, 0.717) is 11.1 Å². The lowest BCUT2D eigenvalue weighted by molar-refractivity contribution is 0.414. The summed E-state index contributed by atoms with van der Waals surface area (Å²) in [4.78, 5) is 17.2. The molecule has 0 unspecified atom stereocenters. The zero-order valence-electron chi connectivity index (χ0n) is 9.92. The van der Waals surface area contributed by atoms with E-state index in [2.05, 4.69) is 4.99 Å². The van der Waals surface area contributed by atoms with Gasteiger partial charge in [-0.15, -0.1) is 0 Å². The van der Waals surface area contributed by atoms with Gasteiger partial charge in [-0.05, 0) is 12.1 Å². The average Bonchev–Trinajstić information content (AvgIpc) is 2.95. The van der Waals surface area contributed by atoms with E-state index in [4.69, 9.17) is 4.74 Å². The van der Waals surface area contributed by atoms with E-state index >= 15 is 0 Å². The number of thiazole rings is 1. The van der Waals surface area contributed by atoms with E-state index in [-0.39, 0.29) is 5.56 Å². The predicted octanol–water partition coefficient (Wildman–Crippen LogP) is 0.380. The Hall–Kier alpha value is -1.88. The van der Waals surface area contributed by atoms with Crippen molar-refractivity contribution in [2.75, 3.05) is 13.7 Å². The van der Waals surface area contributed by atoms with Gasteiger partial charge in [-0.1, -0.05) is 29.5 Å². The van der Waals surface area contributed by atoms with Gasteiger partial charge in [0, 0.05) is 12.1 Å². The van der Waals surface area contributed by atoms with Crippen LogP contribution in [0.5, 0.6) is 5.75 Å². The third-order valence-electron chi connectivity index (χ3n) is 2.88. The van der Waals surface area contributed by atoms with E-state index in [9.17, 15) is 4.79 Å². The summed E-state index contributed by atoms with van der Waals surface area (Å²) < 4.78 is 7.71. The summed E-state index contributed by atoms with van der Waals surface area (Å²) >= 11 is 1.44. The van der Waals surface area contributed by atoms with Crippen LogP contribution in [0.2, 0.25) is 0 Å². The molecule has 1 aromatic carbocycles. The molecular formula is C13H12N2O2S. The van der Waals surface area contributed by atoms with Crippen LogP contribution in [0.3, 0.4) is 0 Å². The van der Waals surface area contributed by atoms with Crippen LogP contribution in [0, 0.1) is 0 Å². The SMILES string of the molecule is COc1ccccc1/C=c1/sc2n(c1=O)CCN=2. The number of rotatable bonds is 2. The van der Waals surface area contributed by atoms with Gasteiger partial charge in [0.15, 0.2) is 4.80 Å². The Morgan fingerprint density at radius 1 is 1.44 bits per heavy atom. The molecule has 0 bridgehead atoms. The molecule has 1 aromatic heterocycles. The van der Waals surface area contributed by atoms with Gasteiger partial charge < -0.3 is 4.74 Å². The van der Waals surface area contributed by atoms with Crippen molar-refractivity contribution in [3.8, 4) is 5.75 Å². The van der Waals surface area contributed by atoms with Crippen molar-refractivity contribution in [2.24, 2.45) is 4.99 Å². The lowest BCUT2D eigenvalue weighted by atomic mass is 10.2. The maximum Gasteiger partial charge on any atom is 0.270 e. The Morgan fingerprint density at radius 2 is 2.28 bits per heavy atom. The van der Waals surface area contributed by atoms with Crippen molar-refractivity contribution >= 4 is 17.4 Å². The molecule has 18 heavy (non-hydrogen) atoms. The first-order valence-corrected chi connectivity index (χ1v) is 6.50. The highest BCUT2D eigenvalue weighted by Gasteiger charge is 2.09. The fraction of sp³-hybridized carbons (Fsp3) is 0.231. The van der Waals surface area contributed by atoms with Crippen molar-refractivity contribution in [1.82, 2.24) is 4.57 Å². The van der Waals surface area contributed by atoms with Gasteiger partial charge >= 0.3 is 0 Å².